The van der Waals surface area contributed by atoms with E-state index in [1.165, 1.54) is 0 Å². The number of hydrogen-bond acceptors (Lipinski definition) is 5. The molecule has 0 amide bonds. The maximum Gasteiger partial charge on any atom is 0.183 e. The molecule has 2 heterocycles. The van der Waals surface area contributed by atoms with Crippen molar-refractivity contribution in [2.45, 2.75) is 19.4 Å². The standard InChI is InChI=1S/C13H16BrN5O/c14-12-10(2-1-3-11(12)15)13-16-17-18-19(13)8-9-4-6-20-7-5-9/h1-3,9H,4-8,15H2. The first-order valence-corrected chi connectivity index (χ1v) is 7.43. The smallest absolute Gasteiger partial charge is 0.183 e. The van der Waals surface area contributed by atoms with Gasteiger partial charge in [-0.3, -0.25) is 0 Å². The highest BCUT2D eigenvalue weighted by Gasteiger charge is 2.19. The third-order valence-corrected chi connectivity index (χ3v) is 4.46. The molecule has 1 aromatic heterocycles. The third-order valence-electron chi connectivity index (χ3n) is 3.57. The van der Waals surface area contributed by atoms with E-state index in [9.17, 15) is 0 Å². The number of nitrogens with zero attached hydrogens (tertiary/aromatic N) is 4. The average Bonchev–Trinajstić information content (AvgIpc) is 2.91. The molecule has 3 rings (SSSR count). The summed E-state index contributed by atoms with van der Waals surface area (Å²) in [4.78, 5) is 0. The van der Waals surface area contributed by atoms with Gasteiger partial charge in [-0.05, 0) is 57.2 Å². The van der Waals surface area contributed by atoms with Crippen LogP contribution in [0.1, 0.15) is 12.8 Å². The molecule has 20 heavy (non-hydrogen) atoms. The molecule has 0 atom stereocenters. The Morgan fingerprint density at radius 2 is 2.15 bits per heavy atom. The number of tetrazole rings is 1. The molecule has 1 aromatic carbocycles. The quantitative estimate of drug-likeness (QED) is 0.867. The van der Waals surface area contributed by atoms with Crippen molar-refractivity contribution in [2.75, 3.05) is 18.9 Å². The molecule has 0 radical (unpaired) electrons. The second-order valence-corrected chi connectivity index (χ2v) is 5.74. The van der Waals surface area contributed by atoms with Crippen LogP contribution in [-0.4, -0.2) is 33.4 Å². The third kappa shape index (κ3) is 2.69. The predicted octanol–water partition coefficient (Wildman–Crippen LogP) is 2.11. The summed E-state index contributed by atoms with van der Waals surface area (Å²) in [6, 6.07) is 5.72. The zero-order valence-corrected chi connectivity index (χ0v) is 12.6. The van der Waals surface area contributed by atoms with Crippen LogP contribution in [0.25, 0.3) is 11.4 Å². The Morgan fingerprint density at radius 1 is 1.35 bits per heavy atom. The minimum Gasteiger partial charge on any atom is -0.398 e. The number of rotatable bonds is 3. The minimum absolute atomic E-state index is 0.561. The molecule has 0 saturated carbocycles. The molecule has 0 bridgehead atoms. The molecule has 106 valence electrons. The van der Waals surface area contributed by atoms with Crippen molar-refractivity contribution >= 4 is 21.6 Å². The van der Waals surface area contributed by atoms with E-state index in [1.807, 2.05) is 22.9 Å². The van der Waals surface area contributed by atoms with Gasteiger partial charge in [0.1, 0.15) is 0 Å². The van der Waals surface area contributed by atoms with E-state index in [2.05, 4.69) is 31.5 Å². The predicted molar refractivity (Wildman–Crippen MR) is 78.9 cm³/mol. The Hall–Kier alpha value is -1.47. The van der Waals surface area contributed by atoms with E-state index in [0.717, 1.165) is 48.5 Å². The van der Waals surface area contributed by atoms with Crippen LogP contribution < -0.4 is 5.73 Å². The van der Waals surface area contributed by atoms with Gasteiger partial charge in [0.05, 0.1) is 4.47 Å². The van der Waals surface area contributed by atoms with E-state index in [1.54, 1.807) is 0 Å². The lowest BCUT2D eigenvalue weighted by Gasteiger charge is -2.22. The minimum atomic E-state index is 0.561. The molecule has 6 nitrogen and oxygen atoms in total. The van der Waals surface area contributed by atoms with Crippen molar-refractivity contribution in [1.82, 2.24) is 20.2 Å². The van der Waals surface area contributed by atoms with Crippen molar-refractivity contribution in [3.05, 3.63) is 22.7 Å². The van der Waals surface area contributed by atoms with E-state index in [4.69, 9.17) is 10.5 Å². The summed E-state index contributed by atoms with van der Waals surface area (Å²) in [5.41, 5.74) is 7.52. The largest absolute Gasteiger partial charge is 0.398 e. The number of anilines is 1. The zero-order valence-electron chi connectivity index (χ0n) is 11.0. The average molecular weight is 338 g/mol. The van der Waals surface area contributed by atoms with E-state index < -0.39 is 0 Å². The molecule has 1 saturated heterocycles. The fraction of sp³-hybridized carbons (Fsp3) is 0.462. The van der Waals surface area contributed by atoms with Gasteiger partial charge in [0, 0.05) is 31.0 Å². The molecule has 1 fully saturated rings. The fourth-order valence-electron chi connectivity index (χ4n) is 2.42. The highest BCUT2D eigenvalue weighted by molar-refractivity contribution is 9.10. The number of halogens is 1. The second-order valence-electron chi connectivity index (χ2n) is 4.95. The molecule has 2 N–H and O–H groups in total. The topological polar surface area (TPSA) is 78.9 Å². The van der Waals surface area contributed by atoms with Crippen molar-refractivity contribution < 1.29 is 4.74 Å². The molecule has 7 heteroatoms. The first-order valence-electron chi connectivity index (χ1n) is 6.64. The van der Waals surface area contributed by atoms with Crippen molar-refractivity contribution in [1.29, 1.82) is 0 Å². The monoisotopic (exact) mass is 337 g/mol. The maximum atomic E-state index is 5.92. The summed E-state index contributed by atoms with van der Waals surface area (Å²) in [7, 11) is 0. The Morgan fingerprint density at radius 3 is 2.95 bits per heavy atom. The number of ether oxygens (including phenoxy) is 1. The normalized spacial score (nSPS) is 16.4. The lowest BCUT2D eigenvalue weighted by Crippen LogP contribution is -2.21. The highest BCUT2D eigenvalue weighted by Crippen LogP contribution is 2.31. The first kappa shape index (κ1) is 13.5. The van der Waals surface area contributed by atoms with E-state index in [-0.39, 0.29) is 0 Å². The molecule has 1 aliphatic rings. The van der Waals surface area contributed by atoms with Gasteiger partial charge in [-0.2, -0.15) is 0 Å². The molecule has 2 aromatic rings. The molecular formula is C13H16BrN5O. The Kier molecular flexibility index (Phi) is 3.98. The van der Waals surface area contributed by atoms with Crippen LogP contribution >= 0.6 is 15.9 Å². The van der Waals surface area contributed by atoms with Gasteiger partial charge in [0.25, 0.3) is 0 Å². The van der Waals surface area contributed by atoms with Gasteiger partial charge in [-0.25, -0.2) is 4.68 Å². The molecular weight excluding hydrogens is 322 g/mol. The maximum absolute atomic E-state index is 5.92. The number of nitrogen functional groups attached to an aromatic ring is 1. The van der Waals surface area contributed by atoms with Gasteiger partial charge >= 0.3 is 0 Å². The second kappa shape index (κ2) is 5.88. The summed E-state index contributed by atoms with van der Waals surface area (Å²) >= 11 is 3.51. The Labute approximate surface area is 125 Å². The van der Waals surface area contributed by atoms with Crippen molar-refractivity contribution in [3.8, 4) is 11.4 Å². The summed E-state index contributed by atoms with van der Waals surface area (Å²) < 4.78 is 8.08. The number of aromatic nitrogens is 4. The van der Waals surface area contributed by atoms with Crippen LogP contribution in [0.15, 0.2) is 22.7 Å². The molecule has 1 aliphatic heterocycles. The van der Waals surface area contributed by atoms with Gasteiger partial charge in [0.2, 0.25) is 0 Å². The molecule has 0 unspecified atom stereocenters. The van der Waals surface area contributed by atoms with Gasteiger partial charge < -0.3 is 10.5 Å². The van der Waals surface area contributed by atoms with Gasteiger partial charge in [0.15, 0.2) is 5.82 Å². The lowest BCUT2D eigenvalue weighted by atomic mass is 10.0. The number of benzene rings is 1. The zero-order chi connectivity index (χ0) is 13.9. The SMILES string of the molecule is Nc1cccc(-c2nnnn2CC2CCOCC2)c1Br. The summed E-state index contributed by atoms with van der Waals surface area (Å²) in [6.07, 6.45) is 2.11. The Balaban J connectivity index is 1.87. The number of nitrogens with two attached hydrogens (primary N) is 1. The van der Waals surface area contributed by atoms with Gasteiger partial charge in [-0.15, -0.1) is 5.10 Å². The van der Waals surface area contributed by atoms with Crippen LogP contribution in [-0.2, 0) is 11.3 Å². The summed E-state index contributed by atoms with van der Waals surface area (Å²) in [5.74, 6) is 1.31. The van der Waals surface area contributed by atoms with Crippen molar-refractivity contribution in [2.24, 2.45) is 5.92 Å². The van der Waals surface area contributed by atoms with Crippen molar-refractivity contribution in [3.63, 3.8) is 0 Å². The van der Waals surface area contributed by atoms with Crippen LogP contribution in [0, 0.1) is 5.92 Å². The highest BCUT2D eigenvalue weighted by atomic mass is 79.9. The summed E-state index contributed by atoms with van der Waals surface area (Å²) in [6.45, 7) is 2.46. The van der Waals surface area contributed by atoms with E-state index in [0.29, 0.717) is 11.6 Å². The lowest BCUT2D eigenvalue weighted by molar-refractivity contribution is 0.0601. The fourth-order valence-corrected chi connectivity index (χ4v) is 2.86. The first-order chi connectivity index (χ1) is 9.75. The van der Waals surface area contributed by atoms with Gasteiger partial charge in [-0.1, -0.05) is 6.07 Å². The van der Waals surface area contributed by atoms with E-state index >= 15 is 0 Å². The Bertz CT molecular complexity index is 594. The number of hydrogen-bond donors (Lipinski definition) is 1. The van der Waals surface area contributed by atoms with Crippen LogP contribution in [0.2, 0.25) is 0 Å². The van der Waals surface area contributed by atoms with Crippen LogP contribution in [0.4, 0.5) is 5.69 Å². The molecule has 0 aliphatic carbocycles. The van der Waals surface area contributed by atoms with Crippen LogP contribution in [0.3, 0.4) is 0 Å². The molecule has 0 spiro atoms. The summed E-state index contributed by atoms with van der Waals surface area (Å²) in [5, 5.41) is 12.1. The van der Waals surface area contributed by atoms with Crippen LogP contribution in [0.5, 0.6) is 0 Å².